The summed E-state index contributed by atoms with van der Waals surface area (Å²) in [7, 11) is 0. The summed E-state index contributed by atoms with van der Waals surface area (Å²) in [5, 5.41) is 5.15. The van der Waals surface area contributed by atoms with Crippen LogP contribution in [-0.2, 0) is 9.53 Å². The number of alkyl halides is 1. The molecule has 6 heteroatoms. The van der Waals surface area contributed by atoms with E-state index >= 15 is 0 Å². The second-order valence-electron chi connectivity index (χ2n) is 4.87. The van der Waals surface area contributed by atoms with E-state index in [1.165, 1.54) is 0 Å². The van der Waals surface area contributed by atoms with E-state index in [1.807, 2.05) is 30.3 Å². The average molecular weight is 332 g/mol. The number of ether oxygens (including phenoxy) is 1. The summed E-state index contributed by atoms with van der Waals surface area (Å²) in [4.78, 5) is 23.9. The lowest BCUT2D eigenvalue weighted by atomic mass is 10.1. The predicted molar refractivity (Wildman–Crippen MR) is 89.0 cm³/mol. The summed E-state index contributed by atoms with van der Waals surface area (Å²) in [6.45, 7) is 1.91. The number of carbonyl (C=O) groups is 2. The van der Waals surface area contributed by atoms with Crippen molar-refractivity contribution in [2.75, 3.05) is 17.8 Å². The van der Waals surface area contributed by atoms with Crippen LogP contribution in [0.5, 0.6) is 0 Å². The molecule has 1 N–H and O–H groups in total. The molecule has 0 aliphatic rings. The molecule has 5 nitrogen and oxygen atoms in total. The summed E-state index contributed by atoms with van der Waals surface area (Å²) < 4.78 is 10.6. The molecule has 0 spiro atoms. The highest BCUT2D eigenvalue weighted by atomic mass is 35.5. The van der Waals surface area contributed by atoms with E-state index in [-0.39, 0.29) is 18.2 Å². The number of halogens is 1. The molecule has 1 heterocycles. The van der Waals surface area contributed by atoms with Gasteiger partial charge in [-0.3, -0.25) is 4.79 Å². The van der Waals surface area contributed by atoms with Crippen molar-refractivity contribution >= 4 is 50.9 Å². The van der Waals surface area contributed by atoms with Crippen LogP contribution in [-0.4, -0.2) is 24.4 Å². The van der Waals surface area contributed by atoms with Crippen molar-refractivity contribution in [3.8, 4) is 0 Å². The van der Waals surface area contributed by atoms with Crippen molar-refractivity contribution in [1.29, 1.82) is 0 Å². The second kappa shape index (κ2) is 6.30. The van der Waals surface area contributed by atoms with E-state index < -0.39 is 11.9 Å². The van der Waals surface area contributed by atoms with Gasteiger partial charge in [-0.1, -0.05) is 30.3 Å². The topological polar surface area (TPSA) is 68.5 Å². The van der Waals surface area contributed by atoms with Gasteiger partial charge in [0.25, 0.3) is 0 Å². The van der Waals surface area contributed by atoms with Crippen LogP contribution in [0.4, 0.5) is 5.69 Å². The molecule has 23 heavy (non-hydrogen) atoms. The summed E-state index contributed by atoms with van der Waals surface area (Å²) in [6.07, 6.45) is 0. The van der Waals surface area contributed by atoms with Gasteiger partial charge in [0.2, 0.25) is 11.7 Å². The van der Waals surface area contributed by atoms with Crippen LogP contribution in [0.15, 0.2) is 40.8 Å². The number of amides is 1. The number of anilines is 1. The normalized spacial score (nSPS) is 10.9. The molecular weight excluding hydrogens is 318 g/mol. The Kier molecular flexibility index (Phi) is 4.21. The fourth-order valence-corrected chi connectivity index (χ4v) is 2.57. The Labute approximate surface area is 137 Å². The molecule has 118 valence electrons. The number of nitrogens with one attached hydrogen (secondary N) is 1. The second-order valence-corrected chi connectivity index (χ2v) is 5.14. The molecule has 0 fully saturated rings. The third kappa shape index (κ3) is 2.75. The zero-order valence-corrected chi connectivity index (χ0v) is 13.1. The monoisotopic (exact) mass is 331 g/mol. The minimum Gasteiger partial charge on any atom is -0.460 e. The highest BCUT2D eigenvalue weighted by Gasteiger charge is 2.24. The molecule has 3 rings (SSSR count). The Morgan fingerprint density at radius 3 is 2.74 bits per heavy atom. The highest BCUT2D eigenvalue weighted by Crippen LogP contribution is 2.37. The number of benzene rings is 2. The molecule has 0 bridgehead atoms. The first-order valence-electron chi connectivity index (χ1n) is 7.13. The summed E-state index contributed by atoms with van der Waals surface area (Å²) in [5.41, 5.74) is 0.789. The van der Waals surface area contributed by atoms with Gasteiger partial charge in [0.05, 0.1) is 12.0 Å². The maximum atomic E-state index is 12.1. The molecule has 1 amide bonds. The van der Waals surface area contributed by atoms with Crippen molar-refractivity contribution in [3.63, 3.8) is 0 Å². The van der Waals surface area contributed by atoms with Crippen molar-refractivity contribution in [3.05, 3.63) is 42.2 Å². The van der Waals surface area contributed by atoms with Gasteiger partial charge >= 0.3 is 5.97 Å². The fourth-order valence-electron chi connectivity index (χ4n) is 2.50. The Bertz CT molecular complexity index is 900. The van der Waals surface area contributed by atoms with Crippen LogP contribution < -0.4 is 5.32 Å². The first-order chi connectivity index (χ1) is 11.2. The number of furan rings is 1. The van der Waals surface area contributed by atoms with Crippen molar-refractivity contribution in [2.45, 2.75) is 6.92 Å². The molecule has 0 aliphatic carbocycles. The minimum atomic E-state index is -0.627. The molecular formula is C17H14ClNO4. The Morgan fingerprint density at radius 2 is 2.00 bits per heavy atom. The zero-order valence-electron chi connectivity index (χ0n) is 12.4. The van der Waals surface area contributed by atoms with Crippen LogP contribution in [0.25, 0.3) is 21.7 Å². The number of fused-ring (bicyclic) bond motifs is 3. The van der Waals surface area contributed by atoms with Gasteiger partial charge < -0.3 is 14.5 Å². The Morgan fingerprint density at radius 1 is 1.22 bits per heavy atom. The van der Waals surface area contributed by atoms with Gasteiger partial charge in [0.15, 0.2) is 0 Å². The first kappa shape index (κ1) is 15.4. The van der Waals surface area contributed by atoms with Crippen LogP contribution in [0.1, 0.15) is 17.5 Å². The van der Waals surface area contributed by atoms with E-state index in [2.05, 4.69) is 5.32 Å². The smallest absolute Gasteiger partial charge is 0.376 e. The van der Waals surface area contributed by atoms with E-state index in [4.69, 9.17) is 20.8 Å². The lowest BCUT2D eigenvalue weighted by Gasteiger charge is -2.05. The highest BCUT2D eigenvalue weighted by molar-refractivity contribution is 6.30. The largest absolute Gasteiger partial charge is 0.460 e. The molecule has 2 aromatic carbocycles. The quantitative estimate of drug-likeness (QED) is 0.580. The van der Waals surface area contributed by atoms with E-state index in [9.17, 15) is 9.59 Å². The molecule has 1 aromatic heterocycles. The van der Waals surface area contributed by atoms with Gasteiger partial charge in [-0.2, -0.15) is 0 Å². The van der Waals surface area contributed by atoms with Crippen molar-refractivity contribution in [1.82, 2.24) is 0 Å². The van der Waals surface area contributed by atoms with Crippen LogP contribution in [0, 0.1) is 0 Å². The van der Waals surface area contributed by atoms with E-state index in [0.717, 1.165) is 10.8 Å². The Balaban J connectivity index is 2.30. The molecule has 0 radical (unpaired) electrons. The lowest BCUT2D eigenvalue weighted by Crippen LogP contribution is -2.15. The standard InChI is InChI=1S/C17H14ClNO4/c1-2-22-17(21)16-15(19-13(20)9-18)14-11-6-4-3-5-10(11)7-8-12(14)23-16/h3-8H,2,9H2,1H3,(H,19,20). The summed E-state index contributed by atoms with van der Waals surface area (Å²) in [6, 6.07) is 11.3. The van der Waals surface area contributed by atoms with Gasteiger partial charge in [-0.15, -0.1) is 11.6 Å². The molecule has 0 unspecified atom stereocenters. The van der Waals surface area contributed by atoms with E-state index in [1.54, 1.807) is 13.0 Å². The number of rotatable bonds is 4. The third-order valence-electron chi connectivity index (χ3n) is 3.43. The first-order valence-corrected chi connectivity index (χ1v) is 7.66. The molecule has 0 aliphatic heterocycles. The van der Waals surface area contributed by atoms with Crippen molar-refractivity contribution in [2.24, 2.45) is 0 Å². The van der Waals surface area contributed by atoms with E-state index in [0.29, 0.717) is 16.7 Å². The number of esters is 1. The number of hydrogen-bond acceptors (Lipinski definition) is 4. The van der Waals surface area contributed by atoms with Crippen LogP contribution in [0.3, 0.4) is 0 Å². The minimum absolute atomic E-state index is 0.0309. The number of hydrogen-bond donors (Lipinski definition) is 1. The molecule has 0 atom stereocenters. The SMILES string of the molecule is CCOC(=O)c1oc2ccc3ccccc3c2c1NC(=O)CCl. The number of carbonyl (C=O) groups excluding carboxylic acids is 2. The lowest BCUT2D eigenvalue weighted by molar-refractivity contribution is -0.113. The van der Waals surface area contributed by atoms with Gasteiger partial charge in [0.1, 0.15) is 17.2 Å². The molecule has 0 saturated carbocycles. The average Bonchev–Trinajstić information content (AvgIpc) is 2.94. The molecule has 3 aromatic rings. The predicted octanol–water partition coefficient (Wildman–Crippen LogP) is 3.94. The summed E-state index contributed by atoms with van der Waals surface area (Å²) >= 11 is 5.57. The maximum absolute atomic E-state index is 12.1. The molecule has 0 saturated heterocycles. The maximum Gasteiger partial charge on any atom is 0.376 e. The zero-order chi connectivity index (χ0) is 16.4. The van der Waals surface area contributed by atoms with Gasteiger partial charge in [0, 0.05) is 0 Å². The van der Waals surface area contributed by atoms with Crippen LogP contribution in [0.2, 0.25) is 0 Å². The Hall–Kier alpha value is -2.53. The third-order valence-corrected chi connectivity index (χ3v) is 3.67. The fraction of sp³-hybridized carbons (Fsp3) is 0.176. The van der Waals surface area contributed by atoms with Crippen molar-refractivity contribution < 1.29 is 18.7 Å². The van der Waals surface area contributed by atoms with Gasteiger partial charge in [-0.25, -0.2) is 4.79 Å². The summed E-state index contributed by atoms with van der Waals surface area (Å²) in [5.74, 6) is -1.30. The van der Waals surface area contributed by atoms with Crippen LogP contribution >= 0.6 is 11.6 Å². The van der Waals surface area contributed by atoms with Gasteiger partial charge in [-0.05, 0) is 23.8 Å².